The van der Waals surface area contributed by atoms with E-state index in [0.717, 1.165) is 33.1 Å². The second-order valence-electron chi connectivity index (χ2n) is 8.49. The Kier molecular flexibility index (Phi) is 7.55. The molecule has 2 aromatic carbocycles. The molecule has 1 amide bonds. The van der Waals surface area contributed by atoms with E-state index in [4.69, 9.17) is 5.10 Å². The number of pyridine rings is 1. The molecule has 0 radical (unpaired) electrons. The maximum absolute atomic E-state index is 12.7. The highest BCUT2D eigenvalue weighted by Gasteiger charge is 2.17. The van der Waals surface area contributed by atoms with Crippen LogP contribution in [-0.4, -0.2) is 47.4 Å². The van der Waals surface area contributed by atoms with Gasteiger partial charge >= 0.3 is 0 Å². The van der Waals surface area contributed by atoms with E-state index >= 15 is 0 Å². The maximum atomic E-state index is 12.7. The van der Waals surface area contributed by atoms with Crippen LogP contribution in [-0.2, 0) is 4.79 Å². The Balaban J connectivity index is 1.18. The summed E-state index contributed by atoms with van der Waals surface area (Å²) >= 11 is 2.88. The lowest BCUT2D eigenvalue weighted by atomic mass is 10.2. The summed E-state index contributed by atoms with van der Waals surface area (Å²) in [6.45, 7) is 0. The molecule has 0 aliphatic rings. The summed E-state index contributed by atoms with van der Waals surface area (Å²) in [5.41, 5.74) is 6.94. The summed E-state index contributed by atoms with van der Waals surface area (Å²) in [4.78, 5) is 17.9. The summed E-state index contributed by atoms with van der Waals surface area (Å²) in [6.07, 6.45) is 6.95. The van der Waals surface area contributed by atoms with Crippen LogP contribution in [0.15, 0.2) is 119 Å². The SMILES string of the molecule is O=C(CSc1nnc(-c2ccncc2)n1-c1ccccc1)NN=Cc1cn(-c2ccccc2)nc1-c1cccs1. The number of benzene rings is 2. The van der Waals surface area contributed by atoms with Crippen molar-refractivity contribution in [2.24, 2.45) is 5.10 Å². The van der Waals surface area contributed by atoms with Gasteiger partial charge in [0, 0.05) is 35.4 Å². The Bertz CT molecular complexity index is 1730. The van der Waals surface area contributed by atoms with Crippen molar-refractivity contribution in [3.63, 3.8) is 0 Å². The van der Waals surface area contributed by atoms with E-state index in [1.54, 1.807) is 29.9 Å². The second kappa shape index (κ2) is 11.9. The van der Waals surface area contributed by atoms with Crippen molar-refractivity contribution in [2.45, 2.75) is 5.16 Å². The average molecular weight is 563 g/mol. The Morgan fingerprint density at radius 3 is 2.40 bits per heavy atom. The fourth-order valence-electron chi connectivity index (χ4n) is 4.00. The van der Waals surface area contributed by atoms with Crippen molar-refractivity contribution in [3.8, 4) is 33.3 Å². The molecule has 6 aromatic rings. The number of nitrogens with zero attached hydrogens (tertiary/aromatic N) is 7. The molecule has 0 unspecified atom stereocenters. The molecule has 0 saturated carbocycles. The number of thioether (sulfide) groups is 1. The van der Waals surface area contributed by atoms with E-state index in [2.05, 4.69) is 25.7 Å². The number of hydrogen-bond donors (Lipinski definition) is 1. The number of hydrazone groups is 1. The van der Waals surface area contributed by atoms with Crippen LogP contribution in [0.1, 0.15) is 5.56 Å². The number of carbonyl (C=O) groups is 1. The molecule has 1 N–H and O–H groups in total. The molecule has 196 valence electrons. The smallest absolute Gasteiger partial charge is 0.250 e. The highest BCUT2D eigenvalue weighted by atomic mass is 32.2. The Hall–Kier alpha value is -4.87. The summed E-state index contributed by atoms with van der Waals surface area (Å²) < 4.78 is 3.74. The Labute approximate surface area is 238 Å². The van der Waals surface area contributed by atoms with E-state index in [1.807, 2.05) is 106 Å². The fourth-order valence-corrected chi connectivity index (χ4v) is 5.47. The van der Waals surface area contributed by atoms with Crippen LogP contribution in [0.2, 0.25) is 0 Å². The van der Waals surface area contributed by atoms with Gasteiger partial charge in [-0.3, -0.25) is 14.3 Å². The molecule has 0 aliphatic heterocycles. The molecule has 4 aromatic heterocycles. The number of rotatable bonds is 9. The first-order valence-electron chi connectivity index (χ1n) is 12.3. The van der Waals surface area contributed by atoms with Crippen LogP contribution in [0.25, 0.3) is 33.3 Å². The molecule has 0 fully saturated rings. The van der Waals surface area contributed by atoms with Crippen LogP contribution in [0, 0.1) is 0 Å². The molecular weight excluding hydrogens is 541 g/mol. The molecule has 4 heterocycles. The van der Waals surface area contributed by atoms with Gasteiger partial charge in [-0.15, -0.1) is 21.5 Å². The second-order valence-corrected chi connectivity index (χ2v) is 10.4. The molecule has 11 heteroatoms. The highest BCUT2D eigenvalue weighted by molar-refractivity contribution is 7.99. The zero-order valence-electron chi connectivity index (χ0n) is 21.0. The number of nitrogens with one attached hydrogen (secondary N) is 1. The first-order chi connectivity index (χ1) is 19.8. The largest absolute Gasteiger partial charge is 0.272 e. The number of amides is 1. The van der Waals surface area contributed by atoms with Gasteiger partial charge in [0.15, 0.2) is 11.0 Å². The molecule has 0 spiro atoms. The van der Waals surface area contributed by atoms with Gasteiger partial charge in [-0.1, -0.05) is 54.2 Å². The predicted octanol–water partition coefficient (Wildman–Crippen LogP) is 5.49. The first kappa shape index (κ1) is 25.4. The minimum absolute atomic E-state index is 0.111. The lowest BCUT2D eigenvalue weighted by Crippen LogP contribution is -2.20. The summed E-state index contributed by atoms with van der Waals surface area (Å²) in [5, 5.41) is 20.4. The highest BCUT2D eigenvalue weighted by Crippen LogP contribution is 2.28. The summed E-state index contributed by atoms with van der Waals surface area (Å²) in [6, 6.07) is 27.4. The number of hydrogen-bond acceptors (Lipinski definition) is 8. The van der Waals surface area contributed by atoms with E-state index in [0.29, 0.717) is 11.0 Å². The fraction of sp³-hybridized carbons (Fsp3) is 0.0345. The normalized spacial score (nSPS) is 11.2. The van der Waals surface area contributed by atoms with Crippen LogP contribution in [0.5, 0.6) is 0 Å². The van der Waals surface area contributed by atoms with E-state index in [1.165, 1.54) is 11.8 Å². The van der Waals surface area contributed by atoms with Crippen molar-refractivity contribution in [3.05, 3.63) is 114 Å². The van der Waals surface area contributed by atoms with Crippen molar-refractivity contribution in [2.75, 3.05) is 5.75 Å². The van der Waals surface area contributed by atoms with Crippen molar-refractivity contribution >= 4 is 35.2 Å². The quantitative estimate of drug-likeness (QED) is 0.142. The Morgan fingerprint density at radius 1 is 0.925 bits per heavy atom. The number of para-hydroxylation sites is 2. The van der Waals surface area contributed by atoms with Gasteiger partial charge in [-0.05, 0) is 47.8 Å². The number of carbonyl (C=O) groups excluding carboxylic acids is 1. The van der Waals surface area contributed by atoms with Gasteiger partial charge in [0.05, 0.1) is 22.5 Å². The third-order valence-corrected chi connectivity index (χ3v) is 7.63. The molecular formula is C29H22N8OS2. The maximum Gasteiger partial charge on any atom is 0.250 e. The molecule has 40 heavy (non-hydrogen) atoms. The lowest BCUT2D eigenvalue weighted by molar-refractivity contribution is -0.118. The van der Waals surface area contributed by atoms with Crippen LogP contribution < -0.4 is 5.43 Å². The van der Waals surface area contributed by atoms with Crippen LogP contribution in [0.4, 0.5) is 0 Å². The third kappa shape index (κ3) is 5.60. The molecule has 0 bridgehead atoms. The van der Waals surface area contributed by atoms with Crippen molar-refractivity contribution < 1.29 is 4.79 Å². The third-order valence-electron chi connectivity index (χ3n) is 5.83. The Morgan fingerprint density at radius 2 is 1.68 bits per heavy atom. The van der Waals surface area contributed by atoms with Crippen molar-refractivity contribution in [1.29, 1.82) is 0 Å². The minimum Gasteiger partial charge on any atom is -0.272 e. The van der Waals surface area contributed by atoms with E-state index in [-0.39, 0.29) is 11.7 Å². The van der Waals surface area contributed by atoms with E-state index < -0.39 is 0 Å². The standard InChI is InChI=1S/C29H22N8OS2/c38-26(20-40-29-34-33-28(21-13-15-30-16-14-21)37(29)24-10-5-2-6-11-24)32-31-18-22-19-36(23-8-3-1-4-9-23)35-27(22)25-12-7-17-39-25/h1-19H,20H2,(H,32,38). The summed E-state index contributed by atoms with van der Waals surface area (Å²) in [5.74, 6) is 0.521. The lowest BCUT2D eigenvalue weighted by Gasteiger charge is -2.10. The molecule has 0 atom stereocenters. The molecule has 6 rings (SSSR count). The molecule has 9 nitrogen and oxygen atoms in total. The van der Waals surface area contributed by atoms with Gasteiger partial charge in [-0.25, -0.2) is 10.1 Å². The topological polar surface area (TPSA) is 103 Å². The monoisotopic (exact) mass is 562 g/mol. The minimum atomic E-state index is -0.262. The van der Waals surface area contributed by atoms with Gasteiger partial charge in [-0.2, -0.15) is 10.2 Å². The van der Waals surface area contributed by atoms with Gasteiger partial charge in [0.1, 0.15) is 5.69 Å². The van der Waals surface area contributed by atoms with Gasteiger partial charge in [0.2, 0.25) is 0 Å². The zero-order valence-corrected chi connectivity index (χ0v) is 22.7. The number of thiophene rings is 1. The van der Waals surface area contributed by atoms with Gasteiger partial charge < -0.3 is 0 Å². The first-order valence-corrected chi connectivity index (χ1v) is 14.2. The zero-order chi connectivity index (χ0) is 27.1. The summed E-state index contributed by atoms with van der Waals surface area (Å²) in [7, 11) is 0. The van der Waals surface area contributed by atoms with Crippen molar-refractivity contribution in [1.82, 2.24) is 35.0 Å². The average Bonchev–Trinajstić information content (AvgIpc) is 3.78. The number of aromatic nitrogens is 6. The van der Waals surface area contributed by atoms with Crippen LogP contribution >= 0.6 is 23.1 Å². The van der Waals surface area contributed by atoms with Gasteiger partial charge in [0.25, 0.3) is 5.91 Å². The van der Waals surface area contributed by atoms with E-state index in [9.17, 15) is 4.79 Å². The predicted molar refractivity (Wildman–Crippen MR) is 158 cm³/mol. The molecule has 0 saturated heterocycles. The van der Waals surface area contributed by atoms with Crippen LogP contribution in [0.3, 0.4) is 0 Å². The molecule has 0 aliphatic carbocycles.